The standard InChI is InChI=1S/C12H12Br2N4OS/c13-7-5-9(11(18-15)17-6-7)12(19)16-4-3-8-1-2-10(14)20-8/h1-2,5-6H,3-4,15H2,(H,16,19)(H,17,18). The van der Waals surface area contributed by atoms with Gasteiger partial charge in [0.1, 0.15) is 0 Å². The van der Waals surface area contributed by atoms with Crippen LogP contribution in [-0.4, -0.2) is 17.4 Å². The van der Waals surface area contributed by atoms with E-state index in [1.807, 2.05) is 12.1 Å². The summed E-state index contributed by atoms with van der Waals surface area (Å²) >= 11 is 8.36. The molecule has 0 unspecified atom stereocenters. The Labute approximate surface area is 137 Å². The van der Waals surface area contributed by atoms with Crippen LogP contribution in [0.4, 0.5) is 5.82 Å². The molecule has 2 aromatic heterocycles. The highest BCUT2D eigenvalue weighted by Gasteiger charge is 2.12. The second-order valence-corrected chi connectivity index (χ2v) is 7.37. The second kappa shape index (κ2) is 7.16. The molecule has 0 aromatic carbocycles. The van der Waals surface area contributed by atoms with Gasteiger partial charge in [0.2, 0.25) is 0 Å². The monoisotopic (exact) mass is 418 g/mol. The summed E-state index contributed by atoms with van der Waals surface area (Å²) < 4.78 is 1.81. The number of hydrazine groups is 1. The van der Waals surface area contributed by atoms with E-state index in [1.54, 1.807) is 23.6 Å². The molecule has 0 aliphatic rings. The lowest BCUT2D eigenvalue weighted by Crippen LogP contribution is -2.27. The second-order valence-electron chi connectivity index (χ2n) is 3.91. The summed E-state index contributed by atoms with van der Waals surface area (Å²) in [6.45, 7) is 0.558. The van der Waals surface area contributed by atoms with Crippen LogP contribution in [0.15, 0.2) is 32.7 Å². The van der Waals surface area contributed by atoms with Gasteiger partial charge in [-0.3, -0.25) is 4.79 Å². The molecular formula is C12H12Br2N4OS. The van der Waals surface area contributed by atoms with Crippen LogP contribution in [-0.2, 0) is 6.42 Å². The van der Waals surface area contributed by atoms with Gasteiger partial charge in [-0.1, -0.05) is 0 Å². The van der Waals surface area contributed by atoms with Crippen molar-refractivity contribution < 1.29 is 4.79 Å². The molecule has 0 spiro atoms. The number of halogens is 2. The van der Waals surface area contributed by atoms with E-state index < -0.39 is 0 Å². The highest BCUT2D eigenvalue weighted by Crippen LogP contribution is 2.22. The molecule has 2 rings (SSSR count). The van der Waals surface area contributed by atoms with Gasteiger partial charge in [0, 0.05) is 22.1 Å². The Bertz CT molecular complexity index is 617. The van der Waals surface area contributed by atoms with E-state index in [9.17, 15) is 4.79 Å². The van der Waals surface area contributed by atoms with Crippen molar-refractivity contribution >= 4 is 54.9 Å². The van der Waals surface area contributed by atoms with E-state index in [0.29, 0.717) is 17.9 Å². The highest BCUT2D eigenvalue weighted by molar-refractivity contribution is 9.11. The van der Waals surface area contributed by atoms with Crippen molar-refractivity contribution in [3.05, 3.63) is 43.1 Å². The van der Waals surface area contributed by atoms with Crippen LogP contribution in [0.1, 0.15) is 15.2 Å². The van der Waals surface area contributed by atoms with Gasteiger partial charge in [0.25, 0.3) is 5.91 Å². The van der Waals surface area contributed by atoms with Crippen LogP contribution in [0.3, 0.4) is 0 Å². The number of rotatable bonds is 5. The minimum absolute atomic E-state index is 0.206. The summed E-state index contributed by atoms with van der Waals surface area (Å²) in [4.78, 5) is 17.3. The first-order valence-corrected chi connectivity index (χ1v) is 8.15. The Morgan fingerprint density at radius 1 is 1.40 bits per heavy atom. The molecule has 20 heavy (non-hydrogen) atoms. The summed E-state index contributed by atoms with van der Waals surface area (Å²) in [7, 11) is 0. The summed E-state index contributed by atoms with van der Waals surface area (Å²) in [5.41, 5.74) is 2.83. The fourth-order valence-corrected chi connectivity index (χ4v) is 3.42. The van der Waals surface area contributed by atoms with E-state index in [2.05, 4.69) is 47.6 Å². The molecule has 4 N–H and O–H groups in total. The molecule has 5 nitrogen and oxygen atoms in total. The molecule has 0 fully saturated rings. The maximum Gasteiger partial charge on any atom is 0.255 e. The molecule has 8 heteroatoms. The Kier molecular flexibility index (Phi) is 5.53. The quantitative estimate of drug-likeness (QED) is 0.514. The number of pyridine rings is 1. The van der Waals surface area contributed by atoms with E-state index in [4.69, 9.17) is 5.84 Å². The van der Waals surface area contributed by atoms with Gasteiger partial charge in [-0.2, -0.15) is 0 Å². The predicted octanol–water partition coefficient (Wildman–Crippen LogP) is 2.93. The molecule has 0 aliphatic heterocycles. The van der Waals surface area contributed by atoms with Crippen LogP contribution in [0.25, 0.3) is 0 Å². The summed E-state index contributed by atoms with van der Waals surface area (Å²) in [5, 5.41) is 2.85. The number of nitrogens with zero attached hydrogens (tertiary/aromatic N) is 1. The minimum Gasteiger partial charge on any atom is -0.352 e. The average molecular weight is 420 g/mol. The Balaban J connectivity index is 1.96. The number of aromatic nitrogens is 1. The molecule has 2 aromatic rings. The van der Waals surface area contributed by atoms with Crippen molar-refractivity contribution in [2.75, 3.05) is 12.0 Å². The maximum atomic E-state index is 12.1. The average Bonchev–Trinajstić information content (AvgIpc) is 2.84. The first kappa shape index (κ1) is 15.4. The molecular weight excluding hydrogens is 408 g/mol. The van der Waals surface area contributed by atoms with Gasteiger partial charge < -0.3 is 10.7 Å². The summed E-state index contributed by atoms with van der Waals surface area (Å²) in [6, 6.07) is 5.71. The lowest BCUT2D eigenvalue weighted by Gasteiger charge is -2.08. The topological polar surface area (TPSA) is 80.0 Å². The number of nitrogens with two attached hydrogens (primary N) is 1. The highest BCUT2D eigenvalue weighted by atomic mass is 79.9. The number of carbonyl (C=O) groups is 1. The van der Waals surface area contributed by atoms with Crippen molar-refractivity contribution in [2.45, 2.75) is 6.42 Å². The molecule has 0 radical (unpaired) electrons. The molecule has 0 saturated heterocycles. The first-order valence-electron chi connectivity index (χ1n) is 5.74. The van der Waals surface area contributed by atoms with Gasteiger partial charge in [0.15, 0.2) is 5.82 Å². The van der Waals surface area contributed by atoms with Crippen molar-refractivity contribution in [3.63, 3.8) is 0 Å². The fraction of sp³-hybridized carbons (Fsp3) is 0.167. The van der Waals surface area contributed by atoms with Crippen molar-refractivity contribution in [1.82, 2.24) is 10.3 Å². The normalized spacial score (nSPS) is 10.3. The Morgan fingerprint density at radius 3 is 2.85 bits per heavy atom. The third-order valence-corrected chi connectivity index (χ3v) is 4.64. The molecule has 0 aliphatic carbocycles. The molecule has 106 valence electrons. The van der Waals surface area contributed by atoms with Crippen LogP contribution in [0.5, 0.6) is 0 Å². The van der Waals surface area contributed by atoms with Gasteiger partial charge >= 0.3 is 0 Å². The first-order chi connectivity index (χ1) is 9.60. The number of thiophene rings is 1. The molecule has 2 heterocycles. The summed E-state index contributed by atoms with van der Waals surface area (Å²) in [5.74, 6) is 5.49. The largest absolute Gasteiger partial charge is 0.352 e. The smallest absolute Gasteiger partial charge is 0.255 e. The zero-order valence-electron chi connectivity index (χ0n) is 10.3. The Hall–Kier alpha value is -0.960. The van der Waals surface area contributed by atoms with Gasteiger partial charge in [-0.25, -0.2) is 10.8 Å². The zero-order valence-corrected chi connectivity index (χ0v) is 14.3. The number of anilines is 1. The minimum atomic E-state index is -0.206. The third-order valence-electron chi connectivity index (χ3n) is 2.52. The number of carbonyl (C=O) groups excluding carboxylic acids is 1. The van der Waals surface area contributed by atoms with Gasteiger partial charge in [-0.15, -0.1) is 11.3 Å². The maximum absolute atomic E-state index is 12.1. The number of hydrogen-bond donors (Lipinski definition) is 3. The molecule has 0 bridgehead atoms. The lowest BCUT2D eigenvalue weighted by molar-refractivity contribution is 0.0954. The fourth-order valence-electron chi connectivity index (χ4n) is 1.61. The van der Waals surface area contributed by atoms with Crippen molar-refractivity contribution in [3.8, 4) is 0 Å². The van der Waals surface area contributed by atoms with E-state index >= 15 is 0 Å². The molecule has 0 atom stereocenters. The zero-order chi connectivity index (χ0) is 14.5. The Morgan fingerprint density at radius 2 is 2.20 bits per heavy atom. The lowest BCUT2D eigenvalue weighted by atomic mass is 10.2. The number of amides is 1. The summed E-state index contributed by atoms with van der Waals surface area (Å²) in [6.07, 6.45) is 2.37. The number of nitrogens with one attached hydrogen (secondary N) is 2. The van der Waals surface area contributed by atoms with E-state index in [-0.39, 0.29) is 5.91 Å². The molecule has 1 amide bonds. The SMILES string of the molecule is NNc1ncc(Br)cc1C(=O)NCCc1ccc(Br)s1. The number of hydrogen-bond acceptors (Lipinski definition) is 5. The van der Waals surface area contributed by atoms with Crippen LogP contribution >= 0.6 is 43.2 Å². The number of nitrogen functional groups attached to an aromatic ring is 1. The van der Waals surface area contributed by atoms with E-state index in [1.165, 1.54) is 4.88 Å². The van der Waals surface area contributed by atoms with Gasteiger partial charge in [0.05, 0.1) is 9.35 Å². The van der Waals surface area contributed by atoms with Crippen molar-refractivity contribution in [1.29, 1.82) is 0 Å². The van der Waals surface area contributed by atoms with Crippen molar-refractivity contribution in [2.24, 2.45) is 5.84 Å². The predicted molar refractivity (Wildman–Crippen MR) is 87.8 cm³/mol. The third kappa shape index (κ3) is 4.02. The molecule has 0 saturated carbocycles. The van der Waals surface area contributed by atoms with E-state index in [0.717, 1.165) is 14.7 Å². The van der Waals surface area contributed by atoms with Crippen LogP contribution in [0, 0.1) is 0 Å². The van der Waals surface area contributed by atoms with Crippen LogP contribution < -0.4 is 16.6 Å². The van der Waals surface area contributed by atoms with Gasteiger partial charge in [-0.05, 0) is 56.5 Å². The van der Waals surface area contributed by atoms with Crippen LogP contribution in [0.2, 0.25) is 0 Å².